The van der Waals surface area contributed by atoms with Crippen molar-refractivity contribution in [3.8, 4) is 11.5 Å². The fourth-order valence-electron chi connectivity index (χ4n) is 2.16. The molecule has 9 heteroatoms. The molecule has 27 heavy (non-hydrogen) atoms. The number of sulfonamides is 1. The van der Waals surface area contributed by atoms with Crippen molar-refractivity contribution < 1.29 is 22.7 Å². The zero-order valence-corrected chi connectivity index (χ0v) is 16.6. The molecule has 2 aromatic rings. The maximum atomic E-state index is 12.5. The summed E-state index contributed by atoms with van der Waals surface area (Å²) in [6.45, 7) is 4.47. The second-order valence-corrected chi connectivity index (χ2v) is 7.49. The normalized spacial score (nSPS) is 10.9. The van der Waals surface area contributed by atoms with E-state index in [0.717, 1.165) is 0 Å². The highest BCUT2D eigenvalue weighted by Gasteiger charge is 2.17. The van der Waals surface area contributed by atoms with Crippen LogP contribution in [0.1, 0.15) is 13.8 Å². The maximum Gasteiger partial charge on any atom is 0.261 e. The van der Waals surface area contributed by atoms with Crippen LogP contribution in [0.4, 0.5) is 5.69 Å². The van der Waals surface area contributed by atoms with E-state index < -0.39 is 10.0 Å². The predicted molar refractivity (Wildman–Crippen MR) is 104 cm³/mol. The monoisotopic (exact) mass is 412 g/mol. The number of anilines is 1. The third-order valence-electron chi connectivity index (χ3n) is 3.36. The molecule has 0 saturated carbocycles. The number of likely N-dealkylation sites (N-methyl/N-ethyl adjacent to an activating group) is 1. The van der Waals surface area contributed by atoms with Gasteiger partial charge in [0.15, 0.2) is 6.61 Å². The van der Waals surface area contributed by atoms with Gasteiger partial charge in [-0.15, -0.1) is 0 Å². The summed E-state index contributed by atoms with van der Waals surface area (Å²) >= 11 is 6.09. The maximum absolute atomic E-state index is 12.5. The average Bonchev–Trinajstić information content (AvgIpc) is 2.62. The summed E-state index contributed by atoms with van der Waals surface area (Å²) in [6, 6.07) is 10.6. The van der Waals surface area contributed by atoms with E-state index in [-0.39, 0.29) is 28.2 Å². The van der Waals surface area contributed by atoms with Gasteiger partial charge in [-0.3, -0.25) is 9.52 Å². The van der Waals surface area contributed by atoms with Gasteiger partial charge in [-0.25, -0.2) is 8.42 Å². The van der Waals surface area contributed by atoms with Gasteiger partial charge in [0.25, 0.3) is 15.9 Å². The predicted octanol–water partition coefficient (Wildman–Crippen LogP) is 3.05. The molecule has 0 aliphatic rings. The number of carbonyl (C=O) groups is 1. The number of carbonyl (C=O) groups excluding carboxylic acids is 1. The summed E-state index contributed by atoms with van der Waals surface area (Å²) in [4.78, 5) is 11.4. The lowest BCUT2D eigenvalue weighted by molar-refractivity contribution is -0.122. The minimum Gasteiger partial charge on any atom is -0.494 e. The van der Waals surface area contributed by atoms with E-state index in [2.05, 4.69) is 10.0 Å². The van der Waals surface area contributed by atoms with E-state index in [1.807, 2.05) is 6.92 Å². The average molecular weight is 413 g/mol. The quantitative estimate of drug-likeness (QED) is 0.660. The van der Waals surface area contributed by atoms with Crippen molar-refractivity contribution in [3.63, 3.8) is 0 Å². The largest absolute Gasteiger partial charge is 0.494 e. The summed E-state index contributed by atoms with van der Waals surface area (Å²) < 4.78 is 38.1. The first-order valence-corrected chi connectivity index (χ1v) is 10.2. The second kappa shape index (κ2) is 9.48. The van der Waals surface area contributed by atoms with Crippen LogP contribution in [0.5, 0.6) is 11.5 Å². The molecule has 2 N–H and O–H groups in total. The highest BCUT2D eigenvalue weighted by molar-refractivity contribution is 7.92. The Labute approximate surface area is 163 Å². The van der Waals surface area contributed by atoms with Crippen LogP contribution in [0, 0.1) is 0 Å². The van der Waals surface area contributed by atoms with Crippen molar-refractivity contribution in [2.24, 2.45) is 0 Å². The minimum absolute atomic E-state index is 0.0215. The van der Waals surface area contributed by atoms with Gasteiger partial charge < -0.3 is 14.8 Å². The smallest absolute Gasteiger partial charge is 0.261 e. The van der Waals surface area contributed by atoms with Gasteiger partial charge in [0.1, 0.15) is 11.5 Å². The molecule has 0 aliphatic heterocycles. The highest BCUT2D eigenvalue weighted by Crippen LogP contribution is 2.28. The van der Waals surface area contributed by atoms with Crippen molar-refractivity contribution in [3.05, 3.63) is 47.5 Å². The topological polar surface area (TPSA) is 93.7 Å². The zero-order valence-electron chi connectivity index (χ0n) is 15.0. The van der Waals surface area contributed by atoms with Gasteiger partial charge in [-0.1, -0.05) is 11.6 Å². The number of amides is 1. The summed E-state index contributed by atoms with van der Waals surface area (Å²) in [6.07, 6.45) is 0. The number of ether oxygens (including phenoxy) is 2. The molecule has 146 valence electrons. The van der Waals surface area contributed by atoms with Crippen molar-refractivity contribution >= 4 is 33.2 Å². The summed E-state index contributed by atoms with van der Waals surface area (Å²) in [5, 5.41) is 2.68. The summed E-state index contributed by atoms with van der Waals surface area (Å²) in [5.41, 5.74) is 0.395. The van der Waals surface area contributed by atoms with Crippen LogP contribution in [0.25, 0.3) is 0 Å². The third-order valence-corrected chi connectivity index (χ3v) is 5.04. The molecule has 0 radical (unpaired) electrons. The van der Waals surface area contributed by atoms with Crippen molar-refractivity contribution in [1.29, 1.82) is 0 Å². The molecule has 2 rings (SSSR count). The SMILES string of the molecule is CCNC(=O)COc1ccc(S(=O)(=O)Nc2ccc(OCC)cc2)cc1Cl. The molecule has 1 amide bonds. The molecule has 0 bridgehead atoms. The molecule has 0 fully saturated rings. The molecule has 0 spiro atoms. The van der Waals surface area contributed by atoms with E-state index in [4.69, 9.17) is 21.1 Å². The molecular formula is C18H21ClN2O5S. The number of halogens is 1. The van der Waals surface area contributed by atoms with Crippen LogP contribution in [0.3, 0.4) is 0 Å². The van der Waals surface area contributed by atoms with Crippen molar-refractivity contribution in [2.45, 2.75) is 18.7 Å². The van der Waals surface area contributed by atoms with Crippen molar-refractivity contribution in [2.75, 3.05) is 24.5 Å². The van der Waals surface area contributed by atoms with Gasteiger partial charge in [0.05, 0.1) is 16.5 Å². The lowest BCUT2D eigenvalue weighted by Crippen LogP contribution is -2.28. The minimum atomic E-state index is -3.83. The summed E-state index contributed by atoms with van der Waals surface area (Å²) in [7, 11) is -3.83. The van der Waals surface area contributed by atoms with Gasteiger partial charge >= 0.3 is 0 Å². The second-order valence-electron chi connectivity index (χ2n) is 5.40. The Balaban J connectivity index is 2.09. The molecule has 0 unspecified atom stereocenters. The first-order valence-electron chi connectivity index (χ1n) is 8.30. The lowest BCUT2D eigenvalue weighted by atomic mass is 10.3. The third kappa shape index (κ3) is 6.04. The number of hydrogen-bond donors (Lipinski definition) is 2. The molecule has 7 nitrogen and oxygen atoms in total. The number of benzene rings is 2. The molecule has 2 aromatic carbocycles. The van der Waals surface area contributed by atoms with E-state index in [1.165, 1.54) is 18.2 Å². The molecule has 0 aliphatic carbocycles. The Morgan fingerprint density at radius 1 is 1.07 bits per heavy atom. The fourth-order valence-corrected chi connectivity index (χ4v) is 3.54. The number of nitrogens with one attached hydrogen (secondary N) is 2. The summed E-state index contributed by atoms with van der Waals surface area (Å²) in [5.74, 6) is 0.586. The number of hydrogen-bond acceptors (Lipinski definition) is 5. The highest BCUT2D eigenvalue weighted by atomic mass is 35.5. The van der Waals surface area contributed by atoms with E-state index in [9.17, 15) is 13.2 Å². The lowest BCUT2D eigenvalue weighted by Gasteiger charge is -2.12. The fraction of sp³-hybridized carbons (Fsp3) is 0.278. The van der Waals surface area contributed by atoms with Gasteiger partial charge in [-0.2, -0.15) is 0 Å². The molecule has 0 heterocycles. The van der Waals surface area contributed by atoms with Crippen LogP contribution >= 0.6 is 11.6 Å². The van der Waals surface area contributed by atoms with Gasteiger partial charge in [-0.05, 0) is 56.3 Å². The Hall–Kier alpha value is -2.45. The Morgan fingerprint density at radius 2 is 1.78 bits per heavy atom. The van der Waals surface area contributed by atoms with E-state index >= 15 is 0 Å². The number of rotatable bonds is 9. The molecule has 0 aromatic heterocycles. The van der Waals surface area contributed by atoms with Crippen LogP contribution in [-0.2, 0) is 14.8 Å². The van der Waals surface area contributed by atoms with Crippen LogP contribution < -0.4 is 19.5 Å². The van der Waals surface area contributed by atoms with Crippen LogP contribution in [0.2, 0.25) is 5.02 Å². The van der Waals surface area contributed by atoms with Crippen LogP contribution in [-0.4, -0.2) is 34.1 Å². The Kier molecular flexibility index (Phi) is 7.32. The zero-order chi connectivity index (χ0) is 19.9. The van der Waals surface area contributed by atoms with E-state index in [0.29, 0.717) is 24.6 Å². The van der Waals surface area contributed by atoms with Gasteiger partial charge in [0.2, 0.25) is 0 Å². The first kappa shape index (κ1) is 20.9. The van der Waals surface area contributed by atoms with Crippen molar-refractivity contribution in [1.82, 2.24) is 5.32 Å². The Bertz CT molecular complexity index is 885. The molecule has 0 saturated heterocycles. The standard InChI is InChI=1S/C18H21ClN2O5S/c1-3-20-18(22)12-26-17-10-9-15(11-16(17)19)27(23,24)21-13-5-7-14(8-6-13)25-4-2/h5-11,21H,3-4,12H2,1-2H3,(H,20,22). The van der Waals surface area contributed by atoms with Crippen LogP contribution in [0.15, 0.2) is 47.4 Å². The first-order chi connectivity index (χ1) is 12.9. The molecular weight excluding hydrogens is 392 g/mol. The van der Waals surface area contributed by atoms with Gasteiger partial charge in [0, 0.05) is 12.2 Å². The molecule has 0 atom stereocenters. The van der Waals surface area contributed by atoms with E-state index in [1.54, 1.807) is 31.2 Å². The Morgan fingerprint density at radius 3 is 2.37 bits per heavy atom.